The predicted octanol–water partition coefficient (Wildman–Crippen LogP) is 4.37. The van der Waals surface area contributed by atoms with Crippen molar-refractivity contribution in [3.05, 3.63) is 29.3 Å². The van der Waals surface area contributed by atoms with Gasteiger partial charge < -0.3 is 15.3 Å². The highest BCUT2D eigenvalue weighted by atomic mass is 35.5. The molecule has 1 atom stereocenters. The summed E-state index contributed by atoms with van der Waals surface area (Å²) in [5.74, 6) is 1.36. The molecule has 1 aliphatic heterocycles. The first-order valence-corrected chi connectivity index (χ1v) is 10.3. The smallest absolute Gasteiger partial charge is 0.224 e. The summed E-state index contributed by atoms with van der Waals surface area (Å²) >= 11 is 6.39. The lowest BCUT2D eigenvalue weighted by Gasteiger charge is -2.21. The van der Waals surface area contributed by atoms with Crippen LogP contribution in [-0.2, 0) is 4.79 Å². The number of fused-ring (bicyclic) bond motifs is 1. The first-order chi connectivity index (χ1) is 13.1. The van der Waals surface area contributed by atoms with Gasteiger partial charge in [-0.25, -0.2) is 4.98 Å². The topological polar surface area (TPSA) is 65.5 Å². The summed E-state index contributed by atoms with van der Waals surface area (Å²) in [5.41, 5.74) is 1.45. The molecule has 2 aliphatic rings. The first-order valence-electron chi connectivity index (χ1n) is 9.92. The number of nitrogens with one attached hydrogen (secondary N) is 1. The summed E-state index contributed by atoms with van der Waals surface area (Å²) in [6.45, 7) is 1.41. The third-order valence-corrected chi connectivity index (χ3v) is 6.07. The second kappa shape index (κ2) is 8.03. The molecule has 4 rings (SSSR count). The van der Waals surface area contributed by atoms with Crippen molar-refractivity contribution in [2.45, 2.75) is 51.0 Å². The van der Waals surface area contributed by atoms with E-state index in [4.69, 9.17) is 16.6 Å². The number of carbonyl (C=O) groups excluding carboxylic acids is 1. The maximum absolute atomic E-state index is 12.6. The molecule has 0 bridgehead atoms. The molecule has 0 unspecified atom stereocenters. The van der Waals surface area contributed by atoms with Crippen molar-refractivity contribution in [3.8, 4) is 0 Å². The molecule has 1 aliphatic carbocycles. The highest BCUT2D eigenvalue weighted by Gasteiger charge is 2.22. The number of benzene rings is 1. The molecule has 0 spiro atoms. The molecule has 1 saturated heterocycles. The van der Waals surface area contributed by atoms with E-state index in [2.05, 4.69) is 10.2 Å². The fourth-order valence-corrected chi connectivity index (χ4v) is 4.48. The Labute approximate surface area is 164 Å². The number of pyridine rings is 1. The minimum Gasteiger partial charge on any atom is -0.391 e. The molecule has 2 aromatic rings. The summed E-state index contributed by atoms with van der Waals surface area (Å²) in [7, 11) is 0. The molecule has 2 N–H and O–H groups in total. The zero-order chi connectivity index (χ0) is 18.8. The molecule has 144 valence electrons. The van der Waals surface area contributed by atoms with Gasteiger partial charge in [0.2, 0.25) is 5.91 Å². The van der Waals surface area contributed by atoms with Crippen LogP contribution in [0.5, 0.6) is 0 Å². The third-order valence-electron chi connectivity index (χ3n) is 5.76. The van der Waals surface area contributed by atoms with Gasteiger partial charge in [-0.2, -0.15) is 0 Å². The zero-order valence-corrected chi connectivity index (χ0v) is 16.2. The molecule has 2 heterocycles. The average molecular weight is 388 g/mol. The highest BCUT2D eigenvalue weighted by molar-refractivity contribution is 6.35. The molecule has 0 radical (unpaired) electrons. The Morgan fingerprint density at radius 3 is 2.74 bits per heavy atom. The van der Waals surface area contributed by atoms with Gasteiger partial charge in [0, 0.05) is 24.9 Å². The van der Waals surface area contributed by atoms with Crippen molar-refractivity contribution in [3.63, 3.8) is 0 Å². The molecular weight excluding hydrogens is 362 g/mol. The molecule has 5 nitrogen and oxygen atoms in total. The largest absolute Gasteiger partial charge is 0.391 e. The summed E-state index contributed by atoms with van der Waals surface area (Å²) in [4.78, 5) is 19.4. The standard InChI is InChI=1S/C21H26ClN3O2/c22-17-7-8-18-16(6-9-19(23-18)25-11-10-15(26)13-25)21(17)24-20(27)12-14-4-2-1-3-5-14/h6-9,14-15,26H,1-5,10-13H2,(H,24,27)/t15-/m1/s1. The number of halogens is 1. The summed E-state index contributed by atoms with van der Waals surface area (Å²) in [5, 5.41) is 14.2. The van der Waals surface area contributed by atoms with Gasteiger partial charge in [-0.3, -0.25) is 4.79 Å². The maximum Gasteiger partial charge on any atom is 0.224 e. The Balaban J connectivity index is 1.54. The highest BCUT2D eigenvalue weighted by Crippen LogP contribution is 2.33. The number of β-amino-alcohol motifs (C(OH)–C–C–N with tert-alkyl or cyclic N) is 1. The van der Waals surface area contributed by atoms with Crippen LogP contribution in [0.25, 0.3) is 10.9 Å². The number of anilines is 2. The van der Waals surface area contributed by atoms with Crippen LogP contribution in [-0.4, -0.2) is 35.2 Å². The van der Waals surface area contributed by atoms with Crippen LogP contribution in [0.4, 0.5) is 11.5 Å². The molecule has 1 amide bonds. The van der Waals surface area contributed by atoms with Gasteiger partial charge in [0.15, 0.2) is 0 Å². The number of rotatable bonds is 4. The van der Waals surface area contributed by atoms with E-state index in [9.17, 15) is 9.90 Å². The van der Waals surface area contributed by atoms with Crippen LogP contribution in [0.1, 0.15) is 44.9 Å². The fraction of sp³-hybridized carbons (Fsp3) is 0.524. The van der Waals surface area contributed by atoms with Crippen molar-refractivity contribution < 1.29 is 9.90 Å². The maximum atomic E-state index is 12.6. The van der Waals surface area contributed by atoms with E-state index in [0.717, 1.165) is 42.5 Å². The number of hydrogen-bond acceptors (Lipinski definition) is 4. The van der Waals surface area contributed by atoms with E-state index in [-0.39, 0.29) is 12.0 Å². The van der Waals surface area contributed by atoms with Gasteiger partial charge in [0.05, 0.1) is 22.3 Å². The molecule has 6 heteroatoms. The van der Waals surface area contributed by atoms with Crippen molar-refractivity contribution in [1.82, 2.24) is 4.98 Å². The first kappa shape index (κ1) is 18.5. The summed E-state index contributed by atoms with van der Waals surface area (Å²) < 4.78 is 0. The van der Waals surface area contributed by atoms with Crippen molar-refractivity contribution in [2.75, 3.05) is 23.3 Å². The Morgan fingerprint density at radius 2 is 2.00 bits per heavy atom. The molecular formula is C21H26ClN3O2. The quantitative estimate of drug-likeness (QED) is 0.817. The van der Waals surface area contributed by atoms with E-state index in [1.807, 2.05) is 18.2 Å². The van der Waals surface area contributed by atoms with Gasteiger partial charge in [0.25, 0.3) is 0 Å². The number of aliphatic hydroxyl groups excluding tert-OH is 1. The Morgan fingerprint density at radius 1 is 1.19 bits per heavy atom. The summed E-state index contributed by atoms with van der Waals surface area (Å²) in [6, 6.07) is 7.57. The third kappa shape index (κ3) is 4.19. The van der Waals surface area contributed by atoms with Crippen LogP contribution in [0.2, 0.25) is 5.02 Å². The second-order valence-corrected chi connectivity index (χ2v) is 8.21. The fourth-order valence-electron chi connectivity index (χ4n) is 4.26. The SMILES string of the molecule is O=C(CC1CCCCC1)Nc1c(Cl)ccc2nc(N3CC[C@@H](O)C3)ccc12. The molecule has 1 saturated carbocycles. The van der Waals surface area contributed by atoms with Crippen molar-refractivity contribution in [2.24, 2.45) is 5.92 Å². The Kier molecular flexibility index (Phi) is 5.50. The van der Waals surface area contributed by atoms with Crippen LogP contribution < -0.4 is 10.2 Å². The van der Waals surface area contributed by atoms with Crippen LogP contribution in [0.15, 0.2) is 24.3 Å². The number of carbonyl (C=O) groups is 1. The number of aromatic nitrogens is 1. The van der Waals surface area contributed by atoms with Crippen LogP contribution in [0, 0.1) is 5.92 Å². The second-order valence-electron chi connectivity index (χ2n) is 7.80. The van der Waals surface area contributed by atoms with Gasteiger partial charge >= 0.3 is 0 Å². The van der Waals surface area contributed by atoms with Gasteiger partial charge in [-0.1, -0.05) is 30.9 Å². The predicted molar refractivity (Wildman–Crippen MR) is 109 cm³/mol. The minimum absolute atomic E-state index is 0.0306. The van der Waals surface area contributed by atoms with E-state index < -0.39 is 0 Å². The van der Waals surface area contributed by atoms with Gasteiger partial charge in [-0.15, -0.1) is 0 Å². The number of aliphatic hydroxyl groups is 1. The Bertz CT molecular complexity index is 836. The molecule has 1 aromatic heterocycles. The van der Waals surface area contributed by atoms with Crippen LogP contribution >= 0.6 is 11.6 Å². The van der Waals surface area contributed by atoms with E-state index in [1.54, 1.807) is 6.07 Å². The van der Waals surface area contributed by atoms with E-state index in [1.165, 1.54) is 19.3 Å². The number of nitrogens with zero attached hydrogens (tertiary/aromatic N) is 2. The lowest BCUT2D eigenvalue weighted by molar-refractivity contribution is -0.117. The number of hydrogen-bond donors (Lipinski definition) is 2. The van der Waals surface area contributed by atoms with Crippen molar-refractivity contribution in [1.29, 1.82) is 0 Å². The van der Waals surface area contributed by atoms with Crippen LogP contribution in [0.3, 0.4) is 0 Å². The molecule has 1 aromatic carbocycles. The van der Waals surface area contributed by atoms with Crippen molar-refractivity contribution >= 4 is 39.9 Å². The number of amides is 1. The normalized spacial score (nSPS) is 21.0. The van der Waals surface area contributed by atoms with Gasteiger partial charge in [-0.05, 0) is 49.4 Å². The monoisotopic (exact) mass is 387 g/mol. The van der Waals surface area contributed by atoms with E-state index in [0.29, 0.717) is 29.6 Å². The Hall–Kier alpha value is -1.85. The summed E-state index contributed by atoms with van der Waals surface area (Å²) in [6.07, 6.45) is 7.06. The lowest BCUT2D eigenvalue weighted by atomic mass is 9.87. The zero-order valence-electron chi connectivity index (χ0n) is 15.5. The van der Waals surface area contributed by atoms with E-state index >= 15 is 0 Å². The van der Waals surface area contributed by atoms with Gasteiger partial charge in [0.1, 0.15) is 5.82 Å². The molecule has 27 heavy (non-hydrogen) atoms. The molecule has 2 fully saturated rings. The minimum atomic E-state index is -0.289. The lowest BCUT2D eigenvalue weighted by Crippen LogP contribution is -2.22. The average Bonchev–Trinajstić information content (AvgIpc) is 3.11.